The van der Waals surface area contributed by atoms with Crippen molar-refractivity contribution in [2.45, 2.75) is 0 Å². The van der Waals surface area contributed by atoms with Crippen LogP contribution >= 0.6 is 0 Å². The lowest BCUT2D eigenvalue weighted by molar-refractivity contribution is 1.13. The second-order valence-corrected chi connectivity index (χ2v) is 13.1. The van der Waals surface area contributed by atoms with Gasteiger partial charge < -0.3 is 9.13 Å². The van der Waals surface area contributed by atoms with Gasteiger partial charge in [0.1, 0.15) is 0 Å². The lowest BCUT2D eigenvalue weighted by atomic mass is 10.0. The highest BCUT2D eigenvalue weighted by atomic mass is 15.0. The fourth-order valence-corrected chi connectivity index (χ4v) is 7.86. The maximum atomic E-state index is 10.2. The van der Waals surface area contributed by atoms with E-state index in [1.165, 1.54) is 43.8 Å². The second-order valence-electron chi connectivity index (χ2n) is 13.1. The van der Waals surface area contributed by atoms with Gasteiger partial charge in [-0.25, -0.2) is 0 Å². The first kappa shape index (κ1) is 29.7. The van der Waals surface area contributed by atoms with Gasteiger partial charge in [-0.1, -0.05) is 109 Å². The van der Waals surface area contributed by atoms with Gasteiger partial charge in [-0.15, -0.1) is 0 Å². The van der Waals surface area contributed by atoms with Crippen molar-refractivity contribution in [1.29, 1.82) is 5.26 Å². The Morgan fingerprint density at radius 2 is 0.923 bits per heavy atom. The fraction of sp³-hybridized carbons (Fsp3) is 0. The van der Waals surface area contributed by atoms with Crippen LogP contribution in [0.4, 0.5) is 0 Å². The van der Waals surface area contributed by atoms with Gasteiger partial charge in [-0.2, -0.15) is 5.26 Å². The van der Waals surface area contributed by atoms with E-state index < -0.39 is 0 Å². The molecule has 0 bridgehead atoms. The number of hydrogen-bond acceptors (Lipinski definition) is 2. The Balaban J connectivity index is 1.24. The summed E-state index contributed by atoms with van der Waals surface area (Å²) in [6.07, 6.45) is 1.85. The molecule has 52 heavy (non-hydrogen) atoms. The van der Waals surface area contributed by atoms with Gasteiger partial charge in [0, 0.05) is 33.3 Å². The minimum atomic E-state index is 0.581. The summed E-state index contributed by atoms with van der Waals surface area (Å²) < 4.78 is 4.65. The molecule has 0 unspecified atom stereocenters. The molecule has 0 aliphatic rings. The van der Waals surface area contributed by atoms with Crippen LogP contribution in [0.25, 0.3) is 88.5 Å². The van der Waals surface area contributed by atoms with Gasteiger partial charge >= 0.3 is 0 Å². The lowest BCUT2D eigenvalue weighted by Crippen LogP contribution is -2.03. The Bertz CT molecular complexity index is 3020. The molecular formula is C48H30N4. The first-order valence-electron chi connectivity index (χ1n) is 17.4. The zero-order chi connectivity index (χ0) is 34.6. The highest BCUT2D eigenvalue weighted by Gasteiger charge is 2.22. The Kier molecular flexibility index (Phi) is 6.84. The molecule has 242 valence electrons. The number of nitrogens with zero attached hydrogens (tertiary/aromatic N) is 4. The summed E-state index contributed by atoms with van der Waals surface area (Å²) in [4.78, 5) is 5.10. The van der Waals surface area contributed by atoms with Crippen molar-refractivity contribution < 1.29 is 0 Å². The molecule has 4 heteroatoms. The summed E-state index contributed by atoms with van der Waals surface area (Å²) in [5.41, 5.74) is 13.3. The summed E-state index contributed by atoms with van der Waals surface area (Å²) in [6.45, 7) is 0. The van der Waals surface area contributed by atoms with Crippen molar-refractivity contribution in [1.82, 2.24) is 14.1 Å². The lowest BCUT2D eigenvalue weighted by Gasteiger charge is -2.18. The summed E-state index contributed by atoms with van der Waals surface area (Å²) >= 11 is 0. The van der Waals surface area contributed by atoms with Crippen LogP contribution in [0.5, 0.6) is 0 Å². The molecule has 0 radical (unpaired) electrons. The topological polar surface area (TPSA) is 46.5 Å². The quantitative estimate of drug-likeness (QED) is 0.184. The first-order valence-corrected chi connectivity index (χ1v) is 17.4. The van der Waals surface area contributed by atoms with Crippen LogP contribution in [0.2, 0.25) is 0 Å². The molecule has 3 heterocycles. The van der Waals surface area contributed by atoms with Crippen molar-refractivity contribution >= 4 is 43.6 Å². The van der Waals surface area contributed by atoms with E-state index in [1.807, 2.05) is 30.5 Å². The largest absolute Gasteiger partial charge is 0.309 e. The van der Waals surface area contributed by atoms with Crippen LogP contribution in [0.3, 0.4) is 0 Å². The highest BCUT2D eigenvalue weighted by Crippen LogP contribution is 2.41. The highest BCUT2D eigenvalue weighted by molar-refractivity contribution is 6.12. The maximum Gasteiger partial charge on any atom is 0.0991 e. The van der Waals surface area contributed by atoms with Crippen molar-refractivity contribution in [3.05, 3.63) is 188 Å². The minimum absolute atomic E-state index is 0.581. The summed E-state index contributed by atoms with van der Waals surface area (Å²) in [6, 6.07) is 64.1. The standard InChI is InChI=1S/C48H30N4/c49-31-32-21-24-46(51-42-18-9-7-16-37(42)39-29-35(22-25-44(39)51)33-12-3-1-4-13-33)41(28-32)48-47(20-11-27-50-48)52-43-19-10-8-17-38(43)40-30-36(23-26-45(40)52)34-14-5-2-6-15-34/h1-30H. The number of pyridine rings is 1. The summed E-state index contributed by atoms with van der Waals surface area (Å²) in [5, 5.41) is 14.9. The summed E-state index contributed by atoms with van der Waals surface area (Å²) in [7, 11) is 0. The number of para-hydroxylation sites is 2. The first-order chi connectivity index (χ1) is 25.8. The Morgan fingerprint density at radius 1 is 0.404 bits per heavy atom. The average Bonchev–Trinajstić information content (AvgIpc) is 3.73. The van der Waals surface area contributed by atoms with Gasteiger partial charge in [-0.05, 0) is 89.0 Å². The third kappa shape index (κ3) is 4.65. The van der Waals surface area contributed by atoms with Crippen molar-refractivity contribution in [3.63, 3.8) is 0 Å². The number of aromatic nitrogens is 3. The van der Waals surface area contributed by atoms with E-state index in [9.17, 15) is 5.26 Å². The predicted octanol–water partition coefficient (Wildman–Crippen LogP) is 12.1. The Morgan fingerprint density at radius 3 is 1.50 bits per heavy atom. The molecule has 7 aromatic carbocycles. The van der Waals surface area contributed by atoms with Gasteiger partial charge in [0.2, 0.25) is 0 Å². The van der Waals surface area contributed by atoms with Crippen LogP contribution in [0, 0.1) is 11.3 Å². The van der Waals surface area contributed by atoms with Crippen LogP contribution in [0.1, 0.15) is 5.56 Å². The molecule has 0 amide bonds. The summed E-state index contributed by atoms with van der Waals surface area (Å²) in [5.74, 6) is 0. The number of hydrogen-bond donors (Lipinski definition) is 0. The molecule has 0 fully saturated rings. The van der Waals surface area contributed by atoms with Gasteiger partial charge in [0.05, 0.1) is 50.8 Å². The third-order valence-electron chi connectivity index (χ3n) is 10.2. The molecule has 4 nitrogen and oxygen atoms in total. The Hall–Kier alpha value is -7.22. The molecule has 0 aliphatic heterocycles. The molecule has 0 atom stereocenters. The zero-order valence-corrected chi connectivity index (χ0v) is 28.1. The van der Waals surface area contributed by atoms with Gasteiger partial charge in [0.15, 0.2) is 0 Å². The number of rotatable bonds is 5. The number of fused-ring (bicyclic) bond motifs is 6. The van der Waals surface area contributed by atoms with E-state index in [0.29, 0.717) is 5.56 Å². The normalized spacial score (nSPS) is 11.4. The minimum Gasteiger partial charge on any atom is -0.309 e. The van der Waals surface area contributed by atoms with E-state index in [2.05, 4.69) is 167 Å². The van der Waals surface area contributed by atoms with E-state index in [0.717, 1.165) is 44.7 Å². The second kappa shape index (κ2) is 12.0. The van der Waals surface area contributed by atoms with Crippen molar-refractivity contribution in [2.75, 3.05) is 0 Å². The van der Waals surface area contributed by atoms with Crippen LogP contribution in [-0.4, -0.2) is 14.1 Å². The smallest absolute Gasteiger partial charge is 0.0991 e. The monoisotopic (exact) mass is 662 g/mol. The van der Waals surface area contributed by atoms with Crippen molar-refractivity contribution in [2.24, 2.45) is 0 Å². The SMILES string of the molecule is N#Cc1ccc(-n2c3ccccc3c3cc(-c4ccccc4)ccc32)c(-c2ncccc2-n2c3ccccc3c3cc(-c4ccccc4)ccc32)c1. The van der Waals surface area contributed by atoms with Crippen LogP contribution < -0.4 is 0 Å². The maximum absolute atomic E-state index is 10.2. The molecular weight excluding hydrogens is 633 g/mol. The number of benzene rings is 7. The number of nitriles is 1. The Labute approximate surface area is 300 Å². The van der Waals surface area contributed by atoms with E-state index in [1.54, 1.807) is 0 Å². The molecule has 10 rings (SSSR count). The zero-order valence-electron chi connectivity index (χ0n) is 28.1. The van der Waals surface area contributed by atoms with Gasteiger partial charge in [-0.3, -0.25) is 4.98 Å². The van der Waals surface area contributed by atoms with Gasteiger partial charge in [0.25, 0.3) is 0 Å². The van der Waals surface area contributed by atoms with E-state index in [4.69, 9.17) is 4.98 Å². The van der Waals surface area contributed by atoms with E-state index in [-0.39, 0.29) is 0 Å². The molecule has 3 aromatic heterocycles. The molecule has 0 N–H and O–H groups in total. The molecule has 0 spiro atoms. The molecule has 0 aliphatic carbocycles. The predicted molar refractivity (Wildman–Crippen MR) is 214 cm³/mol. The molecule has 10 aromatic rings. The van der Waals surface area contributed by atoms with E-state index >= 15 is 0 Å². The fourth-order valence-electron chi connectivity index (χ4n) is 7.86. The van der Waals surface area contributed by atoms with Crippen molar-refractivity contribution in [3.8, 4) is 51.0 Å². The van der Waals surface area contributed by atoms with Crippen LogP contribution in [-0.2, 0) is 0 Å². The molecule has 0 saturated heterocycles. The third-order valence-corrected chi connectivity index (χ3v) is 10.2. The average molecular weight is 663 g/mol. The van der Waals surface area contributed by atoms with Crippen LogP contribution in [0.15, 0.2) is 182 Å². The molecule has 0 saturated carbocycles.